The second kappa shape index (κ2) is 4.76. The van der Waals surface area contributed by atoms with Crippen molar-refractivity contribution < 1.29 is 17.9 Å². The van der Waals surface area contributed by atoms with Crippen LogP contribution >= 0.6 is 0 Å². The SMILES string of the molecule is CCOc1ccc(C(C)C)cc1C(F)(F)F. The van der Waals surface area contributed by atoms with Gasteiger partial charge in [0.1, 0.15) is 5.75 Å². The van der Waals surface area contributed by atoms with Gasteiger partial charge in [0.05, 0.1) is 12.2 Å². The van der Waals surface area contributed by atoms with Crippen LogP contribution in [-0.4, -0.2) is 6.61 Å². The molecule has 1 aromatic carbocycles. The second-order valence-corrected chi connectivity index (χ2v) is 3.84. The maximum absolute atomic E-state index is 12.7. The number of hydrogen-bond donors (Lipinski definition) is 0. The fraction of sp³-hybridized carbons (Fsp3) is 0.500. The lowest BCUT2D eigenvalue weighted by molar-refractivity contribution is -0.139. The molecule has 1 nitrogen and oxygen atoms in total. The normalized spacial score (nSPS) is 11.9. The molecule has 0 heterocycles. The molecule has 0 fully saturated rings. The van der Waals surface area contributed by atoms with Crippen molar-refractivity contribution in [2.24, 2.45) is 0 Å². The highest BCUT2D eigenvalue weighted by Crippen LogP contribution is 2.37. The lowest BCUT2D eigenvalue weighted by Gasteiger charge is -2.15. The van der Waals surface area contributed by atoms with Crippen LogP contribution in [-0.2, 0) is 6.18 Å². The molecule has 0 bridgehead atoms. The van der Waals surface area contributed by atoms with Gasteiger partial charge in [-0.3, -0.25) is 0 Å². The van der Waals surface area contributed by atoms with Gasteiger partial charge in [0.25, 0.3) is 0 Å². The Balaban J connectivity index is 3.21. The van der Waals surface area contributed by atoms with E-state index in [1.165, 1.54) is 6.07 Å². The number of hydrogen-bond acceptors (Lipinski definition) is 1. The summed E-state index contributed by atoms with van der Waals surface area (Å²) in [5.74, 6) is -0.0313. The second-order valence-electron chi connectivity index (χ2n) is 3.84. The molecule has 16 heavy (non-hydrogen) atoms. The lowest BCUT2D eigenvalue weighted by atomic mass is 10.00. The summed E-state index contributed by atoms with van der Waals surface area (Å²) < 4.78 is 43.2. The Morgan fingerprint density at radius 1 is 1.25 bits per heavy atom. The van der Waals surface area contributed by atoms with Gasteiger partial charge >= 0.3 is 6.18 Å². The van der Waals surface area contributed by atoms with Crippen LogP contribution in [0.3, 0.4) is 0 Å². The van der Waals surface area contributed by atoms with Crippen molar-refractivity contribution in [1.29, 1.82) is 0 Å². The number of halogens is 3. The molecule has 1 rings (SSSR count). The van der Waals surface area contributed by atoms with E-state index in [4.69, 9.17) is 4.74 Å². The lowest BCUT2D eigenvalue weighted by Crippen LogP contribution is -2.09. The Bertz CT molecular complexity index is 356. The highest BCUT2D eigenvalue weighted by atomic mass is 19.4. The highest BCUT2D eigenvalue weighted by Gasteiger charge is 2.34. The minimum atomic E-state index is -4.37. The largest absolute Gasteiger partial charge is 0.493 e. The third-order valence-corrected chi connectivity index (χ3v) is 2.28. The van der Waals surface area contributed by atoms with Gasteiger partial charge in [0.15, 0.2) is 0 Å². The van der Waals surface area contributed by atoms with Gasteiger partial charge in [-0.15, -0.1) is 0 Å². The zero-order chi connectivity index (χ0) is 12.3. The maximum Gasteiger partial charge on any atom is 0.419 e. The average molecular weight is 232 g/mol. The van der Waals surface area contributed by atoms with E-state index in [0.717, 1.165) is 6.07 Å². The fourth-order valence-electron chi connectivity index (χ4n) is 1.41. The summed E-state index contributed by atoms with van der Waals surface area (Å²) >= 11 is 0. The van der Waals surface area contributed by atoms with Crippen molar-refractivity contribution in [1.82, 2.24) is 0 Å². The summed E-state index contributed by atoms with van der Waals surface area (Å²) in [4.78, 5) is 0. The molecular formula is C12H15F3O. The van der Waals surface area contributed by atoms with Crippen molar-refractivity contribution in [3.05, 3.63) is 29.3 Å². The van der Waals surface area contributed by atoms with Crippen LogP contribution in [0.5, 0.6) is 5.75 Å². The van der Waals surface area contributed by atoms with Gasteiger partial charge in [0, 0.05) is 0 Å². The topological polar surface area (TPSA) is 9.23 Å². The van der Waals surface area contributed by atoms with Crippen molar-refractivity contribution >= 4 is 0 Å². The molecule has 0 aliphatic rings. The number of rotatable bonds is 3. The van der Waals surface area contributed by atoms with Crippen LogP contribution in [0.15, 0.2) is 18.2 Å². The maximum atomic E-state index is 12.7. The standard InChI is InChI=1S/C12H15F3O/c1-4-16-11-6-5-9(8(2)3)7-10(11)12(13,14)15/h5-8H,4H2,1-3H3. The summed E-state index contributed by atoms with van der Waals surface area (Å²) in [5.41, 5.74) is -0.0312. The van der Waals surface area contributed by atoms with E-state index >= 15 is 0 Å². The van der Waals surface area contributed by atoms with Crippen LogP contribution in [0.2, 0.25) is 0 Å². The van der Waals surface area contributed by atoms with E-state index in [1.54, 1.807) is 13.0 Å². The molecule has 0 unspecified atom stereocenters. The van der Waals surface area contributed by atoms with Crippen LogP contribution in [0.4, 0.5) is 13.2 Å². The molecule has 0 aliphatic heterocycles. The first-order valence-electron chi connectivity index (χ1n) is 5.20. The van der Waals surface area contributed by atoms with Gasteiger partial charge in [0.2, 0.25) is 0 Å². The summed E-state index contributed by atoms with van der Waals surface area (Å²) in [6, 6.07) is 4.22. The third-order valence-electron chi connectivity index (χ3n) is 2.28. The molecule has 90 valence electrons. The van der Waals surface area contributed by atoms with E-state index in [9.17, 15) is 13.2 Å². The predicted molar refractivity (Wildman–Crippen MR) is 56.7 cm³/mol. The van der Waals surface area contributed by atoms with Crippen molar-refractivity contribution in [2.45, 2.75) is 32.9 Å². The highest BCUT2D eigenvalue weighted by molar-refractivity contribution is 5.40. The average Bonchev–Trinajstić information content (AvgIpc) is 2.16. The Morgan fingerprint density at radius 2 is 1.88 bits per heavy atom. The van der Waals surface area contributed by atoms with Gasteiger partial charge in [-0.05, 0) is 30.5 Å². The van der Waals surface area contributed by atoms with Crippen molar-refractivity contribution in [2.75, 3.05) is 6.61 Å². The van der Waals surface area contributed by atoms with Crippen molar-refractivity contribution in [3.8, 4) is 5.75 Å². The first-order chi connectivity index (χ1) is 7.36. The predicted octanol–water partition coefficient (Wildman–Crippen LogP) is 4.23. The van der Waals surface area contributed by atoms with Gasteiger partial charge in [-0.1, -0.05) is 19.9 Å². The Hall–Kier alpha value is -1.19. The number of ether oxygens (including phenoxy) is 1. The van der Waals surface area contributed by atoms with Gasteiger partial charge in [-0.25, -0.2) is 0 Å². The van der Waals surface area contributed by atoms with E-state index in [1.807, 2.05) is 13.8 Å². The Morgan fingerprint density at radius 3 is 2.31 bits per heavy atom. The minimum absolute atomic E-state index is 0.0665. The first-order valence-corrected chi connectivity index (χ1v) is 5.20. The summed E-state index contributed by atoms with van der Waals surface area (Å²) in [6.45, 7) is 5.60. The van der Waals surface area contributed by atoms with E-state index < -0.39 is 11.7 Å². The Kier molecular flexibility index (Phi) is 3.83. The fourth-order valence-corrected chi connectivity index (χ4v) is 1.41. The molecule has 0 N–H and O–H groups in total. The van der Waals surface area contributed by atoms with Gasteiger partial charge in [-0.2, -0.15) is 13.2 Å². The van der Waals surface area contributed by atoms with Crippen LogP contribution in [0.25, 0.3) is 0 Å². The van der Waals surface area contributed by atoms with E-state index in [0.29, 0.717) is 5.56 Å². The minimum Gasteiger partial charge on any atom is -0.493 e. The van der Waals surface area contributed by atoms with Crippen LogP contribution in [0, 0.1) is 0 Å². The molecule has 0 saturated heterocycles. The number of benzene rings is 1. The molecule has 0 atom stereocenters. The summed E-state index contributed by atoms with van der Waals surface area (Å²) in [5, 5.41) is 0. The monoisotopic (exact) mass is 232 g/mol. The zero-order valence-electron chi connectivity index (χ0n) is 9.56. The van der Waals surface area contributed by atoms with E-state index in [2.05, 4.69) is 0 Å². The molecule has 0 aromatic heterocycles. The molecule has 0 radical (unpaired) electrons. The van der Waals surface area contributed by atoms with Crippen LogP contribution in [0.1, 0.15) is 37.8 Å². The Labute approximate surface area is 93.2 Å². The molecule has 0 saturated carbocycles. The molecule has 0 spiro atoms. The molecule has 1 aromatic rings. The zero-order valence-corrected chi connectivity index (χ0v) is 9.56. The number of alkyl halides is 3. The smallest absolute Gasteiger partial charge is 0.419 e. The summed E-state index contributed by atoms with van der Waals surface area (Å²) in [6.07, 6.45) is -4.37. The quantitative estimate of drug-likeness (QED) is 0.757. The van der Waals surface area contributed by atoms with Crippen LogP contribution < -0.4 is 4.74 Å². The molecule has 4 heteroatoms. The molecular weight excluding hydrogens is 217 g/mol. The molecule has 0 aliphatic carbocycles. The third kappa shape index (κ3) is 2.90. The first kappa shape index (κ1) is 12.9. The van der Waals surface area contributed by atoms with E-state index in [-0.39, 0.29) is 18.3 Å². The summed E-state index contributed by atoms with van der Waals surface area (Å²) in [7, 11) is 0. The van der Waals surface area contributed by atoms with Crippen molar-refractivity contribution in [3.63, 3.8) is 0 Å². The molecule has 0 amide bonds. The van der Waals surface area contributed by atoms with Gasteiger partial charge < -0.3 is 4.74 Å².